The Morgan fingerprint density at radius 2 is 2.12 bits per heavy atom. The van der Waals surface area contributed by atoms with Crippen molar-refractivity contribution >= 4 is 11.3 Å². The highest BCUT2D eigenvalue weighted by molar-refractivity contribution is 7.10. The lowest BCUT2D eigenvalue weighted by atomic mass is 9.84. The van der Waals surface area contributed by atoms with Crippen LogP contribution in [0.25, 0.3) is 0 Å². The fourth-order valence-corrected chi connectivity index (χ4v) is 2.56. The molecule has 1 aromatic rings. The Kier molecular flexibility index (Phi) is 4.96. The third kappa shape index (κ3) is 3.89. The monoisotopic (exact) mass is 241 g/mol. The Morgan fingerprint density at radius 3 is 2.56 bits per heavy atom. The molecule has 0 aliphatic carbocycles. The summed E-state index contributed by atoms with van der Waals surface area (Å²) in [7, 11) is 0. The summed E-state index contributed by atoms with van der Waals surface area (Å²) >= 11 is 1.78. The first-order chi connectivity index (χ1) is 7.45. The van der Waals surface area contributed by atoms with Crippen molar-refractivity contribution in [3.63, 3.8) is 0 Å². The lowest BCUT2D eigenvalue weighted by molar-refractivity contribution is 0.188. The van der Waals surface area contributed by atoms with Gasteiger partial charge in [-0.25, -0.2) is 0 Å². The molecule has 0 aliphatic heterocycles. The van der Waals surface area contributed by atoms with Gasteiger partial charge in [0.15, 0.2) is 0 Å². The molecular formula is C13H23NOS. The molecule has 0 spiro atoms. The molecule has 0 fully saturated rings. The standard InChI is InChI=1S/C13H23NOS/c1-10(11-6-5-9-16-11)14-12(7-8-15)13(2,3)4/h5-6,9-10,12,14-15H,7-8H2,1-4H3. The molecule has 0 bridgehead atoms. The second kappa shape index (κ2) is 5.80. The van der Waals surface area contributed by atoms with Crippen LogP contribution in [0.2, 0.25) is 0 Å². The maximum Gasteiger partial charge on any atom is 0.0446 e. The Bertz CT molecular complexity index is 289. The van der Waals surface area contributed by atoms with Gasteiger partial charge in [-0.15, -0.1) is 11.3 Å². The Labute approximate surface area is 103 Å². The third-order valence-electron chi connectivity index (χ3n) is 2.88. The zero-order chi connectivity index (χ0) is 12.2. The van der Waals surface area contributed by atoms with Crippen molar-refractivity contribution in [3.8, 4) is 0 Å². The smallest absolute Gasteiger partial charge is 0.0446 e. The average Bonchev–Trinajstić information content (AvgIpc) is 2.68. The average molecular weight is 241 g/mol. The molecule has 0 saturated heterocycles. The fourth-order valence-electron chi connectivity index (χ4n) is 1.82. The lowest BCUT2D eigenvalue weighted by Crippen LogP contribution is -2.42. The van der Waals surface area contributed by atoms with Gasteiger partial charge in [-0.3, -0.25) is 0 Å². The van der Waals surface area contributed by atoms with Crippen molar-refractivity contribution in [2.45, 2.75) is 46.2 Å². The number of aliphatic hydroxyl groups is 1. The Morgan fingerprint density at radius 1 is 1.44 bits per heavy atom. The second-order valence-corrected chi connectivity index (χ2v) is 6.31. The van der Waals surface area contributed by atoms with E-state index < -0.39 is 0 Å². The number of hydrogen-bond donors (Lipinski definition) is 2. The van der Waals surface area contributed by atoms with Gasteiger partial charge in [0.2, 0.25) is 0 Å². The highest BCUT2D eigenvalue weighted by Gasteiger charge is 2.25. The fraction of sp³-hybridized carbons (Fsp3) is 0.692. The summed E-state index contributed by atoms with van der Waals surface area (Å²) < 4.78 is 0. The first kappa shape index (κ1) is 13.7. The van der Waals surface area contributed by atoms with Gasteiger partial charge in [-0.1, -0.05) is 26.8 Å². The molecule has 1 heterocycles. The van der Waals surface area contributed by atoms with Crippen LogP contribution in [-0.2, 0) is 0 Å². The van der Waals surface area contributed by atoms with E-state index in [1.54, 1.807) is 11.3 Å². The number of hydrogen-bond acceptors (Lipinski definition) is 3. The van der Waals surface area contributed by atoms with Gasteiger partial charge in [0.05, 0.1) is 0 Å². The Balaban J connectivity index is 2.62. The highest BCUT2D eigenvalue weighted by Crippen LogP contribution is 2.26. The van der Waals surface area contributed by atoms with E-state index >= 15 is 0 Å². The summed E-state index contributed by atoms with van der Waals surface area (Å²) in [6.07, 6.45) is 0.805. The van der Waals surface area contributed by atoms with Crippen LogP contribution in [0.5, 0.6) is 0 Å². The maximum absolute atomic E-state index is 9.11. The van der Waals surface area contributed by atoms with Gasteiger partial charge >= 0.3 is 0 Å². The predicted molar refractivity (Wildman–Crippen MR) is 70.8 cm³/mol. The van der Waals surface area contributed by atoms with Crippen LogP contribution < -0.4 is 5.32 Å². The summed E-state index contributed by atoms with van der Waals surface area (Å²) in [5.74, 6) is 0. The van der Waals surface area contributed by atoms with Gasteiger partial charge < -0.3 is 10.4 Å². The van der Waals surface area contributed by atoms with Crippen molar-refractivity contribution in [2.24, 2.45) is 5.41 Å². The zero-order valence-electron chi connectivity index (χ0n) is 10.7. The number of rotatable bonds is 5. The molecule has 3 heteroatoms. The van der Waals surface area contributed by atoms with E-state index in [1.807, 2.05) is 0 Å². The summed E-state index contributed by atoms with van der Waals surface area (Å²) in [5, 5.41) is 14.8. The van der Waals surface area contributed by atoms with E-state index in [2.05, 4.69) is 50.5 Å². The zero-order valence-corrected chi connectivity index (χ0v) is 11.5. The molecule has 16 heavy (non-hydrogen) atoms. The Hall–Kier alpha value is -0.380. The molecule has 0 aromatic carbocycles. The maximum atomic E-state index is 9.11. The topological polar surface area (TPSA) is 32.3 Å². The first-order valence-corrected chi connectivity index (χ1v) is 6.73. The molecule has 0 saturated carbocycles. The number of thiophene rings is 1. The SMILES string of the molecule is CC(NC(CCO)C(C)(C)C)c1cccs1. The van der Waals surface area contributed by atoms with E-state index in [0.717, 1.165) is 6.42 Å². The molecule has 2 N–H and O–H groups in total. The van der Waals surface area contributed by atoms with Crippen LogP contribution in [0.3, 0.4) is 0 Å². The van der Waals surface area contributed by atoms with Crippen molar-refractivity contribution in [2.75, 3.05) is 6.61 Å². The minimum absolute atomic E-state index is 0.175. The van der Waals surface area contributed by atoms with Crippen molar-refractivity contribution < 1.29 is 5.11 Å². The van der Waals surface area contributed by atoms with Crippen LogP contribution in [0.15, 0.2) is 17.5 Å². The molecule has 2 unspecified atom stereocenters. The van der Waals surface area contributed by atoms with E-state index in [9.17, 15) is 0 Å². The first-order valence-electron chi connectivity index (χ1n) is 5.85. The van der Waals surface area contributed by atoms with Crippen LogP contribution in [0.1, 0.15) is 45.0 Å². The molecule has 0 radical (unpaired) electrons. The normalized spacial score (nSPS) is 16.1. The lowest BCUT2D eigenvalue weighted by Gasteiger charge is -2.33. The van der Waals surface area contributed by atoms with Gasteiger partial charge in [-0.05, 0) is 30.2 Å². The van der Waals surface area contributed by atoms with E-state index in [0.29, 0.717) is 12.1 Å². The minimum Gasteiger partial charge on any atom is -0.396 e. The molecule has 2 nitrogen and oxygen atoms in total. The molecule has 1 aromatic heterocycles. The van der Waals surface area contributed by atoms with Gasteiger partial charge in [-0.2, -0.15) is 0 Å². The van der Waals surface area contributed by atoms with Gasteiger partial charge in [0.1, 0.15) is 0 Å². The molecule has 92 valence electrons. The largest absolute Gasteiger partial charge is 0.396 e. The summed E-state index contributed by atoms with van der Waals surface area (Å²) in [5.41, 5.74) is 0.175. The van der Waals surface area contributed by atoms with E-state index in [4.69, 9.17) is 5.11 Å². The molecule has 2 atom stereocenters. The van der Waals surface area contributed by atoms with Gasteiger partial charge in [0, 0.05) is 23.6 Å². The quantitative estimate of drug-likeness (QED) is 0.830. The second-order valence-electron chi connectivity index (χ2n) is 5.33. The van der Waals surface area contributed by atoms with E-state index in [-0.39, 0.29) is 12.0 Å². The summed E-state index contributed by atoms with van der Waals surface area (Å²) in [6.45, 7) is 9.05. The van der Waals surface area contributed by atoms with Crippen LogP contribution in [0, 0.1) is 5.41 Å². The molecule has 1 rings (SSSR count). The van der Waals surface area contributed by atoms with Crippen LogP contribution in [-0.4, -0.2) is 17.8 Å². The van der Waals surface area contributed by atoms with Crippen molar-refractivity contribution in [3.05, 3.63) is 22.4 Å². The van der Waals surface area contributed by atoms with E-state index in [1.165, 1.54) is 4.88 Å². The highest BCUT2D eigenvalue weighted by atomic mass is 32.1. The summed E-state index contributed by atoms with van der Waals surface area (Å²) in [4.78, 5) is 1.35. The number of nitrogens with one attached hydrogen (secondary N) is 1. The molecule has 0 amide bonds. The van der Waals surface area contributed by atoms with Crippen LogP contribution in [0.4, 0.5) is 0 Å². The third-order valence-corrected chi connectivity index (χ3v) is 3.94. The van der Waals surface area contributed by atoms with Crippen LogP contribution >= 0.6 is 11.3 Å². The van der Waals surface area contributed by atoms with Crippen molar-refractivity contribution in [1.82, 2.24) is 5.32 Å². The predicted octanol–water partition coefficient (Wildman–Crippen LogP) is 3.20. The van der Waals surface area contributed by atoms with Crippen molar-refractivity contribution in [1.29, 1.82) is 0 Å². The number of aliphatic hydroxyl groups excluding tert-OH is 1. The molecule has 0 aliphatic rings. The molecular weight excluding hydrogens is 218 g/mol. The minimum atomic E-state index is 0.175. The summed E-state index contributed by atoms with van der Waals surface area (Å²) in [6, 6.07) is 4.93. The van der Waals surface area contributed by atoms with Gasteiger partial charge in [0.25, 0.3) is 0 Å².